The average molecular weight is 260 g/mol. The Labute approximate surface area is 110 Å². The van der Waals surface area contributed by atoms with E-state index in [9.17, 15) is 9.18 Å². The van der Waals surface area contributed by atoms with Crippen LogP contribution in [0.25, 0.3) is 0 Å². The van der Waals surface area contributed by atoms with Gasteiger partial charge in [0.25, 0.3) is 0 Å². The molecule has 2 rings (SSSR count). The van der Waals surface area contributed by atoms with Crippen molar-refractivity contribution in [2.45, 2.75) is 13.5 Å². The molecule has 0 amide bonds. The van der Waals surface area contributed by atoms with Gasteiger partial charge in [-0.15, -0.1) is 0 Å². The summed E-state index contributed by atoms with van der Waals surface area (Å²) < 4.78 is 18.6. The number of ether oxygens (including phenoxy) is 1. The zero-order chi connectivity index (χ0) is 13.8. The van der Waals surface area contributed by atoms with Crippen LogP contribution in [0, 0.1) is 12.7 Å². The first kappa shape index (κ1) is 13.1. The number of aromatic carboxylic acids is 1. The fourth-order valence-electron chi connectivity index (χ4n) is 1.62. The van der Waals surface area contributed by atoms with E-state index >= 15 is 0 Å². The molecular weight excluding hydrogens is 247 g/mol. The van der Waals surface area contributed by atoms with Crippen molar-refractivity contribution in [2.24, 2.45) is 0 Å². The highest BCUT2D eigenvalue weighted by atomic mass is 19.1. The number of hydrogen-bond acceptors (Lipinski definition) is 2. The second-order valence-electron chi connectivity index (χ2n) is 4.26. The van der Waals surface area contributed by atoms with E-state index in [0.717, 1.165) is 17.2 Å². The van der Waals surface area contributed by atoms with Gasteiger partial charge in [-0.05, 0) is 24.6 Å². The van der Waals surface area contributed by atoms with Crippen LogP contribution in [0.4, 0.5) is 4.39 Å². The molecule has 2 aromatic carbocycles. The van der Waals surface area contributed by atoms with Crippen molar-refractivity contribution in [2.75, 3.05) is 0 Å². The molecule has 0 aliphatic rings. The molecule has 0 aromatic heterocycles. The van der Waals surface area contributed by atoms with E-state index in [-0.39, 0.29) is 17.9 Å². The van der Waals surface area contributed by atoms with E-state index in [1.165, 1.54) is 12.1 Å². The van der Waals surface area contributed by atoms with Gasteiger partial charge in [-0.25, -0.2) is 9.18 Å². The first-order valence-corrected chi connectivity index (χ1v) is 5.77. The Morgan fingerprint density at radius 3 is 2.53 bits per heavy atom. The van der Waals surface area contributed by atoms with Gasteiger partial charge >= 0.3 is 5.97 Å². The summed E-state index contributed by atoms with van der Waals surface area (Å²) in [6.45, 7) is 2.25. The van der Waals surface area contributed by atoms with Gasteiger partial charge in [-0.3, -0.25) is 0 Å². The zero-order valence-electron chi connectivity index (χ0n) is 10.4. The van der Waals surface area contributed by atoms with E-state index in [1.807, 2.05) is 31.2 Å². The second-order valence-corrected chi connectivity index (χ2v) is 4.26. The Hall–Kier alpha value is -2.36. The summed E-state index contributed by atoms with van der Waals surface area (Å²) in [7, 11) is 0. The SMILES string of the molecule is Cc1ccc(COc2cc(F)cc(C(=O)O)c2)cc1. The summed E-state index contributed by atoms with van der Waals surface area (Å²) in [5.41, 5.74) is 1.95. The summed E-state index contributed by atoms with van der Waals surface area (Å²) >= 11 is 0. The van der Waals surface area contributed by atoms with Crippen molar-refractivity contribution < 1.29 is 19.0 Å². The first-order chi connectivity index (χ1) is 9.04. The molecule has 0 heterocycles. The van der Waals surface area contributed by atoms with Crippen LogP contribution in [-0.4, -0.2) is 11.1 Å². The van der Waals surface area contributed by atoms with Gasteiger partial charge in [-0.1, -0.05) is 29.8 Å². The van der Waals surface area contributed by atoms with Crippen molar-refractivity contribution in [3.05, 3.63) is 65.0 Å². The number of carbonyl (C=O) groups is 1. The summed E-state index contributed by atoms with van der Waals surface area (Å²) in [5.74, 6) is -1.60. The number of halogens is 1. The van der Waals surface area contributed by atoms with Gasteiger partial charge in [0.1, 0.15) is 18.2 Å². The Bertz CT molecular complexity index is 591. The molecule has 0 saturated carbocycles. The lowest BCUT2D eigenvalue weighted by Gasteiger charge is -2.07. The van der Waals surface area contributed by atoms with E-state index in [4.69, 9.17) is 9.84 Å². The van der Waals surface area contributed by atoms with Gasteiger partial charge in [0.2, 0.25) is 0 Å². The summed E-state index contributed by atoms with van der Waals surface area (Å²) in [5, 5.41) is 8.83. The Balaban J connectivity index is 2.11. The van der Waals surface area contributed by atoms with E-state index in [0.29, 0.717) is 0 Å². The number of carboxylic acid groups (broad SMARTS) is 1. The smallest absolute Gasteiger partial charge is 0.335 e. The van der Waals surface area contributed by atoms with Crippen molar-refractivity contribution in [1.82, 2.24) is 0 Å². The molecule has 0 unspecified atom stereocenters. The third-order valence-corrected chi connectivity index (χ3v) is 2.64. The van der Waals surface area contributed by atoms with Crippen LogP contribution < -0.4 is 4.74 Å². The molecule has 0 aliphatic carbocycles. The number of hydrogen-bond donors (Lipinski definition) is 1. The minimum Gasteiger partial charge on any atom is -0.489 e. The Kier molecular flexibility index (Phi) is 3.80. The number of rotatable bonds is 4. The molecule has 2 aromatic rings. The molecule has 0 atom stereocenters. The van der Waals surface area contributed by atoms with E-state index in [2.05, 4.69) is 0 Å². The molecule has 3 nitrogen and oxygen atoms in total. The molecule has 4 heteroatoms. The molecule has 0 fully saturated rings. The first-order valence-electron chi connectivity index (χ1n) is 5.77. The molecule has 0 spiro atoms. The predicted octanol–water partition coefficient (Wildman–Crippen LogP) is 3.41. The highest BCUT2D eigenvalue weighted by Crippen LogP contribution is 2.18. The predicted molar refractivity (Wildman–Crippen MR) is 68.9 cm³/mol. The van der Waals surface area contributed by atoms with Crippen molar-refractivity contribution in [3.8, 4) is 5.75 Å². The van der Waals surface area contributed by atoms with Crippen LogP contribution in [0.5, 0.6) is 5.75 Å². The maximum atomic E-state index is 13.2. The minimum absolute atomic E-state index is 0.126. The molecular formula is C15H13FO3. The molecule has 98 valence electrons. The standard InChI is InChI=1S/C15H13FO3/c1-10-2-4-11(5-3-10)9-19-14-7-12(15(17)18)6-13(16)8-14/h2-8H,9H2,1H3,(H,17,18). The fraction of sp³-hybridized carbons (Fsp3) is 0.133. The topological polar surface area (TPSA) is 46.5 Å². The van der Waals surface area contributed by atoms with Gasteiger partial charge < -0.3 is 9.84 Å². The van der Waals surface area contributed by atoms with Crippen molar-refractivity contribution >= 4 is 5.97 Å². The van der Waals surface area contributed by atoms with E-state index < -0.39 is 11.8 Å². The molecule has 0 radical (unpaired) electrons. The average Bonchev–Trinajstić information content (AvgIpc) is 2.37. The molecule has 0 aliphatic heterocycles. The fourth-order valence-corrected chi connectivity index (χ4v) is 1.62. The van der Waals surface area contributed by atoms with Crippen LogP contribution in [-0.2, 0) is 6.61 Å². The summed E-state index contributed by atoms with van der Waals surface area (Å²) in [4.78, 5) is 10.8. The van der Waals surface area contributed by atoms with Crippen LogP contribution >= 0.6 is 0 Å². The number of aryl methyl sites for hydroxylation is 1. The second kappa shape index (κ2) is 5.52. The maximum absolute atomic E-state index is 13.2. The zero-order valence-corrected chi connectivity index (χ0v) is 10.4. The quantitative estimate of drug-likeness (QED) is 0.916. The lowest BCUT2D eigenvalue weighted by atomic mass is 10.1. The van der Waals surface area contributed by atoms with Crippen molar-refractivity contribution in [3.63, 3.8) is 0 Å². The monoisotopic (exact) mass is 260 g/mol. The van der Waals surface area contributed by atoms with Gasteiger partial charge in [0.15, 0.2) is 0 Å². The lowest BCUT2D eigenvalue weighted by molar-refractivity contribution is 0.0695. The van der Waals surface area contributed by atoms with Crippen LogP contribution in [0.15, 0.2) is 42.5 Å². The third-order valence-electron chi connectivity index (χ3n) is 2.64. The van der Waals surface area contributed by atoms with Gasteiger partial charge in [0.05, 0.1) is 5.56 Å². The summed E-state index contributed by atoms with van der Waals surface area (Å²) in [6, 6.07) is 11.2. The third kappa shape index (κ3) is 3.55. The minimum atomic E-state index is -1.18. The lowest BCUT2D eigenvalue weighted by Crippen LogP contribution is -2.00. The summed E-state index contributed by atoms with van der Waals surface area (Å²) in [6.07, 6.45) is 0. The van der Waals surface area contributed by atoms with E-state index in [1.54, 1.807) is 0 Å². The van der Waals surface area contributed by atoms with Gasteiger partial charge in [-0.2, -0.15) is 0 Å². The highest BCUT2D eigenvalue weighted by Gasteiger charge is 2.08. The Morgan fingerprint density at radius 2 is 1.89 bits per heavy atom. The van der Waals surface area contributed by atoms with Crippen LogP contribution in [0.2, 0.25) is 0 Å². The van der Waals surface area contributed by atoms with Crippen LogP contribution in [0.3, 0.4) is 0 Å². The number of carboxylic acids is 1. The Morgan fingerprint density at radius 1 is 1.21 bits per heavy atom. The largest absolute Gasteiger partial charge is 0.489 e. The molecule has 0 bridgehead atoms. The highest BCUT2D eigenvalue weighted by molar-refractivity contribution is 5.88. The molecule has 1 N–H and O–H groups in total. The van der Waals surface area contributed by atoms with Crippen molar-refractivity contribution in [1.29, 1.82) is 0 Å². The molecule has 19 heavy (non-hydrogen) atoms. The normalized spacial score (nSPS) is 10.2. The number of benzene rings is 2. The molecule has 0 saturated heterocycles. The van der Waals surface area contributed by atoms with Crippen LogP contribution in [0.1, 0.15) is 21.5 Å². The van der Waals surface area contributed by atoms with Gasteiger partial charge in [0, 0.05) is 6.07 Å². The maximum Gasteiger partial charge on any atom is 0.335 e.